The van der Waals surface area contributed by atoms with E-state index < -0.39 is 10.0 Å². The summed E-state index contributed by atoms with van der Waals surface area (Å²) in [6.07, 6.45) is 5.94. The molecule has 0 saturated heterocycles. The van der Waals surface area contributed by atoms with Gasteiger partial charge >= 0.3 is 0 Å². The minimum atomic E-state index is -3.62. The Morgan fingerprint density at radius 2 is 2.16 bits per heavy atom. The third-order valence-corrected chi connectivity index (χ3v) is 5.41. The molecule has 0 unspecified atom stereocenters. The quantitative estimate of drug-likeness (QED) is 0.841. The highest BCUT2D eigenvalue weighted by Gasteiger charge is 2.27. The smallest absolute Gasteiger partial charge is 0.244 e. The summed E-state index contributed by atoms with van der Waals surface area (Å²) < 4.78 is 26.2. The molecule has 1 fully saturated rings. The van der Waals surface area contributed by atoms with Gasteiger partial charge in [-0.3, -0.25) is 0 Å². The van der Waals surface area contributed by atoms with Gasteiger partial charge in [-0.2, -0.15) is 5.26 Å². The molecule has 1 saturated carbocycles. The maximum Gasteiger partial charge on any atom is 0.245 e. The highest BCUT2D eigenvalue weighted by molar-refractivity contribution is 7.89. The lowest BCUT2D eigenvalue weighted by Crippen LogP contribution is -2.31. The van der Waals surface area contributed by atoms with E-state index in [1.165, 1.54) is 35.5 Å². The molecule has 0 aromatic carbocycles. The molecule has 0 spiro atoms. The largest absolute Gasteiger partial charge is 0.245 e. The maximum absolute atomic E-state index is 12.4. The molecular formula is C13H17N3O2S. The van der Waals surface area contributed by atoms with Crippen LogP contribution >= 0.6 is 0 Å². The van der Waals surface area contributed by atoms with Crippen LogP contribution in [0.4, 0.5) is 0 Å². The second-order valence-corrected chi connectivity index (χ2v) is 6.91. The van der Waals surface area contributed by atoms with E-state index in [1.54, 1.807) is 7.05 Å². The van der Waals surface area contributed by atoms with Crippen LogP contribution in [-0.4, -0.2) is 31.3 Å². The van der Waals surface area contributed by atoms with E-state index in [2.05, 4.69) is 4.98 Å². The minimum Gasteiger partial charge on any atom is -0.244 e. The Kier molecular flexibility index (Phi) is 4.17. The fourth-order valence-corrected chi connectivity index (χ4v) is 3.84. The van der Waals surface area contributed by atoms with Gasteiger partial charge in [0.05, 0.1) is 0 Å². The lowest BCUT2D eigenvalue weighted by atomic mass is 10.1. The molecule has 0 radical (unpaired) electrons. The highest BCUT2D eigenvalue weighted by atomic mass is 32.2. The van der Waals surface area contributed by atoms with Gasteiger partial charge in [-0.15, -0.1) is 0 Å². The first-order chi connectivity index (χ1) is 9.05. The van der Waals surface area contributed by atoms with Gasteiger partial charge in [-0.05, 0) is 30.9 Å². The van der Waals surface area contributed by atoms with E-state index in [9.17, 15) is 8.42 Å². The van der Waals surface area contributed by atoms with Crippen LogP contribution in [0.15, 0.2) is 23.2 Å². The number of sulfonamides is 1. The summed E-state index contributed by atoms with van der Waals surface area (Å²) >= 11 is 0. The molecular weight excluding hydrogens is 262 g/mol. The van der Waals surface area contributed by atoms with Crippen LogP contribution in [0.5, 0.6) is 0 Å². The molecule has 0 atom stereocenters. The van der Waals surface area contributed by atoms with Gasteiger partial charge in [-0.1, -0.05) is 12.8 Å². The Morgan fingerprint density at radius 3 is 2.79 bits per heavy atom. The molecule has 1 aromatic rings. The maximum atomic E-state index is 12.4. The Morgan fingerprint density at radius 1 is 1.47 bits per heavy atom. The summed E-state index contributed by atoms with van der Waals surface area (Å²) in [7, 11) is -2.05. The first-order valence-electron chi connectivity index (χ1n) is 6.37. The van der Waals surface area contributed by atoms with Crippen molar-refractivity contribution in [3.63, 3.8) is 0 Å². The topological polar surface area (TPSA) is 74.1 Å². The Bertz CT molecular complexity index is 586. The third-order valence-electron chi connectivity index (χ3n) is 3.55. The van der Waals surface area contributed by atoms with Crippen LogP contribution in [0.25, 0.3) is 0 Å². The van der Waals surface area contributed by atoms with E-state index in [1.807, 2.05) is 6.07 Å². The van der Waals surface area contributed by atoms with Crippen LogP contribution in [0.2, 0.25) is 0 Å². The van der Waals surface area contributed by atoms with Gasteiger partial charge in [0.2, 0.25) is 10.0 Å². The van der Waals surface area contributed by atoms with Crippen molar-refractivity contribution in [3.8, 4) is 6.07 Å². The van der Waals surface area contributed by atoms with E-state index >= 15 is 0 Å². The van der Waals surface area contributed by atoms with Crippen molar-refractivity contribution in [1.82, 2.24) is 9.29 Å². The van der Waals surface area contributed by atoms with E-state index in [0.717, 1.165) is 12.8 Å². The summed E-state index contributed by atoms with van der Waals surface area (Å²) in [5.74, 6) is 0.432. The standard InChI is InChI=1S/C13H17N3O2S/c1-16(10-11-5-2-3-6-11)19(17,18)13-7-4-8-15-12(13)9-14/h4,7-8,11H,2-3,5-6,10H2,1H3. The Hall–Kier alpha value is -1.45. The summed E-state index contributed by atoms with van der Waals surface area (Å²) in [6.45, 7) is 0.516. The molecule has 2 rings (SSSR count). The van der Waals surface area contributed by atoms with Crippen molar-refractivity contribution in [2.45, 2.75) is 30.6 Å². The highest BCUT2D eigenvalue weighted by Crippen LogP contribution is 2.27. The van der Waals surface area contributed by atoms with Crippen LogP contribution in [0.3, 0.4) is 0 Å². The van der Waals surface area contributed by atoms with Crippen LogP contribution in [0.1, 0.15) is 31.4 Å². The van der Waals surface area contributed by atoms with Gasteiger partial charge in [0, 0.05) is 19.8 Å². The molecule has 0 amide bonds. The number of pyridine rings is 1. The third kappa shape index (κ3) is 2.94. The molecule has 0 aliphatic heterocycles. The molecule has 1 heterocycles. The van der Waals surface area contributed by atoms with Crippen molar-refractivity contribution < 1.29 is 8.42 Å². The van der Waals surface area contributed by atoms with Gasteiger partial charge in [0.1, 0.15) is 11.0 Å². The lowest BCUT2D eigenvalue weighted by Gasteiger charge is -2.20. The number of aromatic nitrogens is 1. The normalized spacial score (nSPS) is 16.7. The van der Waals surface area contributed by atoms with Gasteiger partial charge < -0.3 is 0 Å². The predicted molar refractivity (Wildman–Crippen MR) is 70.7 cm³/mol. The molecule has 102 valence electrons. The van der Waals surface area contributed by atoms with E-state index in [-0.39, 0.29) is 10.6 Å². The fraction of sp³-hybridized carbons (Fsp3) is 0.538. The summed E-state index contributed by atoms with van der Waals surface area (Å²) in [5, 5.41) is 8.95. The molecule has 0 N–H and O–H groups in total. The number of rotatable bonds is 4. The summed E-state index contributed by atoms with van der Waals surface area (Å²) in [5.41, 5.74) is -0.0410. The first-order valence-corrected chi connectivity index (χ1v) is 7.81. The number of nitrogens with zero attached hydrogens (tertiary/aromatic N) is 3. The Balaban J connectivity index is 2.23. The summed E-state index contributed by atoms with van der Waals surface area (Å²) in [6, 6.07) is 4.81. The minimum absolute atomic E-state index is 0.00185. The van der Waals surface area contributed by atoms with E-state index in [0.29, 0.717) is 12.5 Å². The zero-order chi connectivity index (χ0) is 13.9. The second-order valence-electron chi connectivity index (χ2n) is 4.90. The van der Waals surface area contributed by atoms with Crippen LogP contribution < -0.4 is 0 Å². The van der Waals surface area contributed by atoms with Crippen LogP contribution in [-0.2, 0) is 10.0 Å². The van der Waals surface area contributed by atoms with Crippen molar-refractivity contribution in [2.24, 2.45) is 5.92 Å². The van der Waals surface area contributed by atoms with E-state index in [4.69, 9.17) is 5.26 Å². The van der Waals surface area contributed by atoms with Crippen molar-refractivity contribution in [1.29, 1.82) is 5.26 Å². The second kappa shape index (κ2) is 5.68. The monoisotopic (exact) mass is 279 g/mol. The molecule has 0 bridgehead atoms. The molecule has 1 aliphatic carbocycles. The van der Waals surface area contributed by atoms with Gasteiger partial charge in [0.25, 0.3) is 0 Å². The number of hydrogen-bond donors (Lipinski definition) is 0. The molecule has 5 nitrogen and oxygen atoms in total. The van der Waals surface area contributed by atoms with Gasteiger partial charge in [0.15, 0.2) is 5.69 Å². The van der Waals surface area contributed by atoms with Crippen molar-refractivity contribution in [3.05, 3.63) is 24.0 Å². The molecule has 19 heavy (non-hydrogen) atoms. The SMILES string of the molecule is CN(CC1CCCC1)S(=O)(=O)c1cccnc1C#N. The lowest BCUT2D eigenvalue weighted by molar-refractivity contribution is 0.387. The number of hydrogen-bond acceptors (Lipinski definition) is 4. The predicted octanol–water partition coefficient (Wildman–Crippen LogP) is 1.76. The Labute approximate surface area is 113 Å². The summed E-state index contributed by atoms with van der Waals surface area (Å²) in [4.78, 5) is 3.81. The first kappa shape index (κ1) is 14.0. The van der Waals surface area contributed by atoms with Crippen molar-refractivity contribution in [2.75, 3.05) is 13.6 Å². The molecule has 6 heteroatoms. The number of nitriles is 1. The molecule has 1 aliphatic rings. The average Bonchev–Trinajstić information content (AvgIpc) is 2.91. The van der Waals surface area contributed by atoms with Crippen LogP contribution in [0, 0.1) is 17.2 Å². The average molecular weight is 279 g/mol. The van der Waals surface area contributed by atoms with Gasteiger partial charge in [-0.25, -0.2) is 17.7 Å². The molecule has 1 aromatic heterocycles. The zero-order valence-electron chi connectivity index (χ0n) is 10.9. The zero-order valence-corrected chi connectivity index (χ0v) is 11.7. The van der Waals surface area contributed by atoms with Crippen molar-refractivity contribution >= 4 is 10.0 Å². The fourth-order valence-electron chi connectivity index (χ4n) is 2.51.